The lowest BCUT2D eigenvalue weighted by Crippen LogP contribution is -2.44. The largest absolute Gasteiger partial charge is 0.497 e. The molecule has 1 unspecified atom stereocenters. The van der Waals surface area contributed by atoms with Gasteiger partial charge in [-0.3, -0.25) is 14.3 Å². The molecule has 0 radical (unpaired) electrons. The Kier molecular flexibility index (Phi) is 8.51. The Balaban J connectivity index is 1.15. The van der Waals surface area contributed by atoms with Crippen molar-refractivity contribution in [3.63, 3.8) is 0 Å². The maximum Gasteiger partial charge on any atom is 0.264 e. The van der Waals surface area contributed by atoms with Crippen LogP contribution < -0.4 is 14.5 Å². The fourth-order valence-electron chi connectivity index (χ4n) is 6.05. The molecule has 4 aromatic rings. The summed E-state index contributed by atoms with van der Waals surface area (Å²) in [6, 6.07) is 22.7. The fraction of sp³-hybridized carbons (Fsp3) is 0.314. The number of nitrogens with zero attached hydrogens (tertiary/aromatic N) is 5. The van der Waals surface area contributed by atoms with E-state index in [0.29, 0.717) is 42.1 Å². The van der Waals surface area contributed by atoms with Crippen molar-refractivity contribution in [1.82, 2.24) is 15.0 Å². The number of methoxy groups -OCH3 is 1. The Morgan fingerprint density at radius 2 is 1.84 bits per heavy atom. The van der Waals surface area contributed by atoms with Crippen molar-refractivity contribution in [3.05, 3.63) is 114 Å². The van der Waals surface area contributed by atoms with Gasteiger partial charge in [0.25, 0.3) is 5.91 Å². The number of ether oxygens (including phenoxy) is 1. The van der Waals surface area contributed by atoms with Crippen LogP contribution >= 0.6 is 0 Å². The molecule has 1 saturated heterocycles. The molecule has 2 amide bonds. The summed E-state index contributed by atoms with van der Waals surface area (Å²) in [5, 5.41) is 30.5. The second-order valence-corrected chi connectivity index (χ2v) is 11.6. The highest BCUT2D eigenvalue weighted by Gasteiger charge is 2.52. The summed E-state index contributed by atoms with van der Waals surface area (Å²) in [5.41, 5.74) is 2.75. The second kappa shape index (κ2) is 12.7. The van der Waals surface area contributed by atoms with Gasteiger partial charge in [-0.25, -0.2) is 0 Å². The summed E-state index contributed by atoms with van der Waals surface area (Å²) in [5.74, 6) is -0.525. The number of carbonyl (C=O) groups is 2. The van der Waals surface area contributed by atoms with Crippen molar-refractivity contribution in [2.24, 2.45) is 5.92 Å². The van der Waals surface area contributed by atoms with E-state index < -0.39 is 17.4 Å². The number of carbonyl (C=O) groups excluding carboxylic acids is 2. The van der Waals surface area contributed by atoms with Crippen LogP contribution in [0.1, 0.15) is 48.1 Å². The van der Waals surface area contributed by atoms with E-state index in [4.69, 9.17) is 4.74 Å². The molecule has 1 aromatic heterocycles. The third-order valence-corrected chi connectivity index (χ3v) is 8.82. The van der Waals surface area contributed by atoms with Crippen molar-refractivity contribution < 1.29 is 24.5 Å². The Labute approximate surface area is 262 Å². The lowest BCUT2D eigenvalue weighted by molar-refractivity contribution is -0.139. The number of aliphatic hydroxyl groups excluding tert-OH is 1. The van der Waals surface area contributed by atoms with E-state index in [0.717, 1.165) is 23.4 Å². The number of β-lactam (4-membered cyclic amide) rings is 1. The van der Waals surface area contributed by atoms with Crippen molar-refractivity contribution in [2.45, 2.75) is 44.4 Å². The standard InChI is InChI=1S/C35H37N5O5/c1-24(8-6-7-18-38-22-31(36-37-38)29(23-41)26-9-4-3-5-10-26)35(44)30-20-28(45-2)15-16-32(30)40(34(35)43)21-25-11-13-27(14-12-25)39-19-17-33(39)42/h3-6,8-16,20,22,24,29,41,44H,7,17-19,21,23H2,1-2H3/b8-6+/t24-,29?,35+/m1/s1. The van der Waals surface area contributed by atoms with Crippen LogP contribution in [0.15, 0.2) is 91.1 Å². The Bertz CT molecular complexity index is 1700. The lowest BCUT2D eigenvalue weighted by Gasteiger charge is -2.31. The predicted octanol–water partition coefficient (Wildman–Crippen LogP) is 4.16. The number of fused-ring (bicyclic) bond motifs is 1. The average molecular weight is 608 g/mol. The van der Waals surface area contributed by atoms with Crippen LogP contribution in [0.25, 0.3) is 0 Å². The van der Waals surface area contributed by atoms with Gasteiger partial charge in [-0.2, -0.15) is 0 Å². The Hall–Kier alpha value is -4.80. The van der Waals surface area contributed by atoms with Crippen molar-refractivity contribution in [3.8, 4) is 5.75 Å². The van der Waals surface area contributed by atoms with Crippen LogP contribution in [0, 0.1) is 5.92 Å². The summed E-state index contributed by atoms with van der Waals surface area (Å²) in [4.78, 5) is 29.2. The van der Waals surface area contributed by atoms with Gasteiger partial charge in [0.15, 0.2) is 5.60 Å². The number of hydrogen-bond donors (Lipinski definition) is 2. The smallest absolute Gasteiger partial charge is 0.264 e. The molecular weight excluding hydrogens is 570 g/mol. The van der Waals surface area contributed by atoms with Gasteiger partial charge in [-0.1, -0.05) is 66.8 Å². The monoisotopic (exact) mass is 607 g/mol. The molecular formula is C35H37N5O5. The van der Waals surface area contributed by atoms with Crippen LogP contribution in [0.5, 0.6) is 5.75 Å². The first kappa shape index (κ1) is 30.2. The number of allylic oxidation sites excluding steroid dienone is 1. The normalized spacial score (nSPS) is 19.1. The van der Waals surface area contributed by atoms with Gasteiger partial charge in [0, 0.05) is 42.9 Å². The highest BCUT2D eigenvalue weighted by molar-refractivity contribution is 6.07. The van der Waals surface area contributed by atoms with Crippen molar-refractivity contribution in [1.29, 1.82) is 0 Å². The minimum absolute atomic E-state index is 0.0685. The molecule has 2 aliphatic rings. The van der Waals surface area contributed by atoms with Crippen LogP contribution in [0.3, 0.4) is 0 Å². The van der Waals surface area contributed by atoms with Gasteiger partial charge in [0.2, 0.25) is 5.91 Å². The minimum atomic E-state index is -1.78. The molecule has 0 bridgehead atoms. The average Bonchev–Trinajstić information content (AvgIpc) is 3.61. The molecule has 2 N–H and O–H groups in total. The van der Waals surface area contributed by atoms with Gasteiger partial charge < -0.3 is 24.7 Å². The highest BCUT2D eigenvalue weighted by atomic mass is 16.5. The quantitative estimate of drug-likeness (QED) is 0.183. The van der Waals surface area contributed by atoms with Gasteiger partial charge >= 0.3 is 0 Å². The van der Waals surface area contributed by atoms with Gasteiger partial charge in [-0.05, 0) is 47.9 Å². The number of amides is 2. The molecule has 3 aromatic carbocycles. The lowest BCUT2D eigenvalue weighted by atomic mass is 9.83. The Morgan fingerprint density at radius 1 is 1.07 bits per heavy atom. The van der Waals surface area contributed by atoms with Crippen LogP contribution in [-0.2, 0) is 28.3 Å². The van der Waals surface area contributed by atoms with E-state index in [1.54, 1.807) is 33.7 Å². The third-order valence-electron chi connectivity index (χ3n) is 8.82. The topological polar surface area (TPSA) is 121 Å². The van der Waals surface area contributed by atoms with E-state index in [1.807, 2.05) is 85.9 Å². The molecule has 10 heteroatoms. The maximum absolute atomic E-state index is 14.0. The first-order chi connectivity index (χ1) is 21.8. The van der Waals surface area contributed by atoms with E-state index in [-0.39, 0.29) is 25.0 Å². The summed E-state index contributed by atoms with van der Waals surface area (Å²) < 4.78 is 7.17. The van der Waals surface area contributed by atoms with E-state index >= 15 is 0 Å². The molecule has 10 nitrogen and oxygen atoms in total. The third kappa shape index (κ3) is 5.74. The van der Waals surface area contributed by atoms with E-state index in [2.05, 4.69) is 10.3 Å². The van der Waals surface area contributed by atoms with E-state index in [9.17, 15) is 19.8 Å². The molecule has 45 heavy (non-hydrogen) atoms. The summed E-state index contributed by atoms with van der Waals surface area (Å²) in [6.07, 6.45) is 6.81. The molecule has 1 fully saturated rings. The maximum atomic E-state index is 14.0. The number of hydrogen-bond acceptors (Lipinski definition) is 7. The molecule has 0 saturated carbocycles. The number of anilines is 2. The van der Waals surface area contributed by atoms with Crippen LogP contribution in [0.4, 0.5) is 11.4 Å². The fourth-order valence-corrected chi connectivity index (χ4v) is 6.05. The Morgan fingerprint density at radius 3 is 2.51 bits per heavy atom. The first-order valence-corrected chi connectivity index (χ1v) is 15.2. The minimum Gasteiger partial charge on any atom is -0.497 e. The molecule has 232 valence electrons. The number of aliphatic hydroxyl groups is 2. The number of aryl methyl sites for hydroxylation is 1. The summed E-state index contributed by atoms with van der Waals surface area (Å²) in [7, 11) is 1.56. The van der Waals surface area contributed by atoms with Crippen molar-refractivity contribution in [2.75, 3.05) is 30.1 Å². The van der Waals surface area contributed by atoms with Crippen LogP contribution in [0.2, 0.25) is 0 Å². The number of aromatic nitrogens is 3. The summed E-state index contributed by atoms with van der Waals surface area (Å²) >= 11 is 0. The van der Waals surface area contributed by atoms with E-state index in [1.165, 1.54) is 0 Å². The molecule has 3 atom stereocenters. The predicted molar refractivity (Wildman–Crippen MR) is 170 cm³/mol. The van der Waals surface area contributed by atoms with Gasteiger partial charge in [0.05, 0.1) is 37.6 Å². The zero-order valence-electron chi connectivity index (χ0n) is 25.4. The van der Waals surface area contributed by atoms with Crippen molar-refractivity contribution >= 4 is 23.2 Å². The SMILES string of the molecule is COc1ccc2c(c1)[C@@](O)([C@H](C)/C=C/CCn1cc(C(CO)c3ccccc3)nn1)C(=O)N2Cc1ccc(N2CCC2=O)cc1. The number of benzene rings is 3. The molecule has 0 spiro atoms. The molecule has 2 aliphatic heterocycles. The van der Waals surface area contributed by atoms with Gasteiger partial charge in [-0.15, -0.1) is 5.10 Å². The molecule has 6 rings (SSSR count). The number of rotatable bonds is 12. The molecule has 3 heterocycles. The zero-order chi connectivity index (χ0) is 31.6. The molecule has 0 aliphatic carbocycles. The first-order valence-electron chi connectivity index (χ1n) is 15.2. The van der Waals surface area contributed by atoms with Gasteiger partial charge in [0.1, 0.15) is 5.75 Å². The van der Waals surface area contributed by atoms with Crippen LogP contribution in [-0.4, -0.2) is 57.3 Å². The zero-order valence-corrected chi connectivity index (χ0v) is 25.4. The highest BCUT2D eigenvalue weighted by Crippen LogP contribution is 2.47. The summed E-state index contributed by atoms with van der Waals surface area (Å²) in [6.45, 7) is 3.30. The second-order valence-electron chi connectivity index (χ2n) is 11.6.